The number of hydrogen-bond acceptors (Lipinski definition) is 5. The molecule has 24 heavy (non-hydrogen) atoms. The zero-order valence-electron chi connectivity index (χ0n) is 13.0. The third-order valence-corrected chi connectivity index (χ3v) is 5.14. The van der Waals surface area contributed by atoms with Crippen molar-refractivity contribution in [2.45, 2.75) is 11.6 Å². The molecular weight excluding hydrogens is 363 g/mol. The Labute approximate surface area is 154 Å². The summed E-state index contributed by atoms with van der Waals surface area (Å²) in [5, 5.41) is 2.00. The smallest absolute Gasteiger partial charge is 0.189 e. The average Bonchev–Trinajstić information content (AvgIpc) is 2.61. The normalized spacial score (nSPS) is 16.2. The molecule has 2 aromatic rings. The highest BCUT2D eigenvalue weighted by Gasteiger charge is 2.30. The lowest BCUT2D eigenvalue weighted by Crippen LogP contribution is -2.39. The van der Waals surface area contributed by atoms with Gasteiger partial charge in [0, 0.05) is 41.0 Å². The van der Waals surface area contributed by atoms with Crippen LogP contribution in [0.3, 0.4) is 0 Å². The van der Waals surface area contributed by atoms with E-state index in [2.05, 4.69) is 20.9 Å². The third-order valence-electron chi connectivity index (χ3n) is 4.03. The second kappa shape index (κ2) is 6.39. The van der Waals surface area contributed by atoms with Gasteiger partial charge in [-0.1, -0.05) is 41.0 Å². The van der Waals surface area contributed by atoms with Crippen molar-refractivity contribution in [3.05, 3.63) is 45.6 Å². The third kappa shape index (κ3) is 2.70. The summed E-state index contributed by atoms with van der Waals surface area (Å²) in [4.78, 5) is 16.0. The first-order valence-corrected chi connectivity index (χ1v) is 9.56. The quantitative estimate of drug-likeness (QED) is 0.564. The summed E-state index contributed by atoms with van der Waals surface area (Å²) in [5.41, 5.74) is 2.89. The number of nitrogens with zero attached hydrogens (tertiary/aromatic N) is 4. The Bertz CT molecular complexity index is 879. The Morgan fingerprint density at radius 3 is 2.92 bits per heavy atom. The van der Waals surface area contributed by atoms with Gasteiger partial charge in [0.05, 0.1) is 5.02 Å². The van der Waals surface area contributed by atoms with Gasteiger partial charge in [0.1, 0.15) is 11.7 Å². The molecule has 0 fully saturated rings. The highest BCUT2D eigenvalue weighted by molar-refractivity contribution is 7.98. The number of halogens is 2. The number of amidine groups is 1. The molecule has 0 atom stereocenters. The number of aliphatic imine (C=N–C) groups is 1. The monoisotopic (exact) mass is 376 g/mol. The molecule has 4 rings (SSSR count). The van der Waals surface area contributed by atoms with E-state index in [1.807, 2.05) is 24.6 Å². The molecule has 7 heteroatoms. The van der Waals surface area contributed by atoms with Crippen LogP contribution in [0.25, 0.3) is 11.6 Å². The fraction of sp³-hybridized carbons (Fsp3) is 0.235. The van der Waals surface area contributed by atoms with E-state index in [0.717, 1.165) is 53.0 Å². The molecule has 1 aromatic heterocycles. The molecule has 0 spiro atoms. The van der Waals surface area contributed by atoms with Crippen LogP contribution >= 0.6 is 35.0 Å². The van der Waals surface area contributed by atoms with Crippen molar-refractivity contribution in [2.24, 2.45) is 4.99 Å². The number of rotatable bonds is 2. The Hall–Kier alpha value is -1.56. The standard InChI is InChI=1S/C17H14Cl2N4S/c1-24-17-21-9-10-7-13(12-4-3-11(18)8-14(12)19)16-20-5-2-6-23(16)15(10)22-17/h3-4,7-9H,2,5-6H2,1H3. The molecule has 0 amide bonds. The van der Waals surface area contributed by atoms with Gasteiger partial charge in [-0.3, -0.25) is 4.99 Å². The van der Waals surface area contributed by atoms with Crippen molar-refractivity contribution in [1.82, 2.24) is 9.97 Å². The molecule has 2 aliphatic heterocycles. The molecule has 3 heterocycles. The van der Waals surface area contributed by atoms with Crippen molar-refractivity contribution in [1.29, 1.82) is 0 Å². The molecule has 1 aromatic carbocycles. The van der Waals surface area contributed by atoms with E-state index in [9.17, 15) is 0 Å². The Morgan fingerprint density at radius 2 is 2.12 bits per heavy atom. The van der Waals surface area contributed by atoms with E-state index in [0.29, 0.717) is 10.0 Å². The predicted octanol–water partition coefficient (Wildman–Crippen LogP) is 4.67. The first kappa shape index (κ1) is 15.9. The fourth-order valence-electron chi connectivity index (χ4n) is 2.95. The Kier molecular flexibility index (Phi) is 4.24. The van der Waals surface area contributed by atoms with Crippen molar-refractivity contribution < 1.29 is 0 Å². The summed E-state index contributed by atoms with van der Waals surface area (Å²) in [6.07, 6.45) is 6.91. The van der Waals surface area contributed by atoms with Gasteiger partial charge in [-0.2, -0.15) is 0 Å². The summed E-state index contributed by atoms with van der Waals surface area (Å²) in [7, 11) is 0. The second-order valence-electron chi connectivity index (χ2n) is 5.53. The summed E-state index contributed by atoms with van der Waals surface area (Å²) in [5.74, 6) is 1.84. The topological polar surface area (TPSA) is 41.4 Å². The van der Waals surface area contributed by atoms with Crippen LogP contribution in [0.4, 0.5) is 5.82 Å². The number of fused-ring (bicyclic) bond motifs is 3. The number of hydrogen-bond donors (Lipinski definition) is 0. The molecule has 122 valence electrons. The van der Waals surface area contributed by atoms with Gasteiger partial charge in [0.2, 0.25) is 0 Å². The van der Waals surface area contributed by atoms with E-state index in [-0.39, 0.29) is 0 Å². The first-order valence-electron chi connectivity index (χ1n) is 7.58. The molecule has 0 saturated carbocycles. The van der Waals surface area contributed by atoms with E-state index < -0.39 is 0 Å². The summed E-state index contributed by atoms with van der Waals surface area (Å²) < 4.78 is 0. The van der Waals surface area contributed by atoms with Crippen LogP contribution in [0.15, 0.2) is 34.5 Å². The highest BCUT2D eigenvalue weighted by atomic mass is 35.5. The van der Waals surface area contributed by atoms with E-state index in [4.69, 9.17) is 28.2 Å². The van der Waals surface area contributed by atoms with Gasteiger partial charge < -0.3 is 4.90 Å². The molecule has 0 radical (unpaired) electrons. The first-order chi connectivity index (χ1) is 11.7. The Morgan fingerprint density at radius 1 is 1.25 bits per heavy atom. The lowest BCUT2D eigenvalue weighted by atomic mass is 9.97. The van der Waals surface area contributed by atoms with Crippen LogP contribution in [-0.4, -0.2) is 35.1 Å². The maximum atomic E-state index is 6.44. The average molecular weight is 377 g/mol. The van der Waals surface area contributed by atoms with Gasteiger partial charge in [0.25, 0.3) is 0 Å². The second-order valence-corrected chi connectivity index (χ2v) is 7.15. The number of benzene rings is 1. The zero-order chi connectivity index (χ0) is 16.7. The van der Waals surface area contributed by atoms with Crippen molar-refractivity contribution >= 4 is 58.3 Å². The van der Waals surface area contributed by atoms with Gasteiger partial charge in [-0.15, -0.1) is 0 Å². The molecule has 0 N–H and O–H groups in total. The van der Waals surface area contributed by atoms with Gasteiger partial charge in [-0.05, 0) is 30.9 Å². The van der Waals surface area contributed by atoms with Crippen LogP contribution in [0.2, 0.25) is 10.0 Å². The summed E-state index contributed by atoms with van der Waals surface area (Å²) in [6, 6.07) is 5.55. The van der Waals surface area contributed by atoms with Crippen molar-refractivity contribution in [3.8, 4) is 0 Å². The largest absolute Gasteiger partial charge is 0.310 e. The number of thioether (sulfide) groups is 1. The summed E-state index contributed by atoms with van der Waals surface area (Å²) >= 11 is 14.0. The maximum Gasteiger partial charge on any atom is 0.189 e. The molecule has 4 nitrogen and oxygen atoms in total. The summed E-state index contributed by atoms with van der Waals surface area (Å²) in [6.45, 7) is 1.70. The van der Waals surface area contributed by atoms with Crippen molar-refractivity contribution in [2.75, 3.05) is 24.2 Å². The predicted molar refractivity (Wildman–Crippen MR) is 102 cm³/mol. The molecule has 0 aliphatic carbocycles. The van der Waals surface area contributed by atoms with E-state index in [1.165, 1.54) is 11.8 Å². The maximum absolute atomic E-state index is 6.44. The van der Waals surface area contributed by atoms with Crippen LogP contribution in [0, 0.1) is 0 Å². The van der Waals surface area contributed by atoms with Crippen LogP contribution in [0.1, 0.15) is 17.5 Å². The minimum Gasteiger partial charge on any atom is -0.310 e. The van der Waals surface area contributed by atoms with Gasteiger partial charge >= 0.3 is 0 Å². The molecule has 2 aliphatic rings. The SMILES string of the molecule is CSc1ncc2c(n1)N1CCCN=C1C(c1ccc(Cl)cc1Cl)=C2. The zero-order valence-corrected chi connectivity index (χ0v) is 15.3. The Balaban J connectivity index is 1.92. The number of anilines is 1. The minimum atomic E-state index is 0.618. The molecule has 0 bridgehead atoms. The highest BCUT2D eigenvalue weighted by Crippen LogP contribution is 2.37. The number of aromatic nitrogens is 2. The lowest BCUT2D eigenvalue weighted by molar-refractivity contribution is 0.776. The molecular formula is C17H14Cl2N4S. The lowest BCUT2D eigenvalue weighted by Gasteiger charge is -2.34. The van der Waals surface area contributed by atoms with Crippen molar-refractivity contribution in [3.63, 3.8) is 0 Å². The van der Waals surface area contributed by atoms with E-state index in [1.54, 1.807) is 6.07 Å². The van der Waals surface area contributed by atoms with Gasteiger partial charge in [0.15, 0.2) is 5.16 Å². The minimum absolute atomic E-state index is 0.618. The van der Waals surface area contributed by atoms with Crippen LogP contribution in [0.5, 0.6) is 0 Å². The molecule has 0 unspecified atom stereocenters. The molecule has 0 saturated heterocycles. The van der Waals surface area contributed by atoms with Crippen LogP contribution in [-0.2, 0) is 0 Å². The van der Waals surface area contributed by atoms with Crippen LogP contribution < -0.4 is 4.90 Å². The van der Waals surface area contributed by atoms with Gasteiger partial charge in [-0.25, -0.2) is 9.97 Å². The fourth-order valence-corrected chi connectivity index (χ4v) is 3.80. The van der Waals surface area contributed by atoms with E-state index >= 15 is 0 Å².